The monoisotopic (exact) mass is 372 g/mol. The molecule has 0 aliphatic heterocycles. The number of imidazole rings is 1. The minimum atomic E-state index is -1.26. The molecular formula is C19H20N2O6. The largest absolute Gasteiger partial charge is 0.494 e. The lowest BCUT2D eigenvalue weighted by atomic mass is 10.2. The van der Waals surface area contributed by atoms with Gasteiger partial charge in [-0.2, -0.15) is 0 Å². The fraction of sp³-hybridized carbons (Fsp3) is 0.158. The summed E-state index contributed by atoms with van der Waals surface area (Å²) in [5.74, 6) is -1.67. The van der Waals surface area contributed by atoms with Crippen LogP contribution in [-0.4, -0.2) is 45.0 Å². The van der Waals surface area contributed by atoms with Gasteiger partial charge in [-0.15, -0.1) is 0 Å². The van der Waals surface area contributed by atoms with Crippen LogP contribution in [0.1, 0.15) is 17.7 Å². The Kier molecular flexibility index (Phi) is 10.0. The zero-order valence-electron chi connectivity index (χ0n) is 14.4. The highest BCUT2D eigenvalue weighted by Gasteiger charge is 1.96. The highest BCUT2D eigenvalue weighted by atomic mass is 16.5. The third kappa shape index (κ3) is 10.7. The Labute approximate surface area is 155 Å². The topological polar surface area (TPSA) is 130 Å². The summed E-state index contributed by atoms with van der Waals surface area (Å²) in [6.07, 6.45) is 10.5. The van der Waals surface area contributed by atoms with Crippen molar-refractivity contribution in [2.75, 3.05) is 6.61 Å². The molecule has 0 radical (unpaired) electrons. The second-order valence-corrected chi connectivity index (χ2v) is 5.10. The molecular weight excluding hydrogens is 352 g/mol. The lowest BCUT2D eigenvalue weighted by Crippen LogP contribution is -1.99. The molecule has 0 saturated carbocycles. The minimum absolute atomic E-state index is 0.558. The number of aromatic nitrogens is 2. The molecule has 0 fully saturated rings. The fourth-order valence-electron chi connectivity index (χ4n) is 1.84. The average Bonchev–Trinajstić information content (AvgIpc) is 3.17. The van der Waals surface area contributed by atoms with Gasteiger partial charge in [-0.25, -0.2) is 14.6 Å². The number of carbonyl (C=O) groups is 3. The van der Waals surface area contributed by atoms with Gasteiger partial charge in [0.15, 0.2) is 0 Å². The first-order valence-electron chi connectivity index (χ1n) is 7.97. The molecule has 0 atom stereocenters. The van der Waals surface area contributed by atoms with Gasteiger partial charge < -0.3 is 19.9 Å². The molecule has 2 rings (SSSR count). The SMILES string of the molecule is O=C(O)/C=C\C(=O)O.O=C/C=C/c1ccc(OCCCc2cnc[nH]2)cc1. The third-order valence-electron chi connectivity index (χ3n) is 3.03. The summed E-state index contributed by atoms with van der Waals surface area (Å²) in [4.78, 5) is 36.3. The van der Waals surface area contributed by atoms with E-state index in [1.807, 2.05) is 30.5 Å². The first-order valence-corrected chi connectivity index (χ1v) is 7.97. The Bertz CT molecular complexity index is 748. The van der Waals surface area contributed by atoms with Gasteiger partial charge in [-0.3, -0.25) is 4.79 Å². The van der Waals surface area contributed by atoms with Crippen LogP contribution in [0.15, 0.2) is 55.0 Å². The molecule has 8 heteroatoms. The molecule has 142 valence electrons. The number of aliphatic carboxylic acids is 2. The Morgan fingerprint density at radius 3 is 2.30 bits per heavy atom. The van der Waals surface area contributed by atoms with E-state index in [9.17, 15) is 14.4 Å². The Balaban J connectivity index is 0.000000387. The van der Waals surface area contributed by atoms with Crippen LogP contribution in [0.25, 0.3) is 6.08 Å². The Morgan fingerprint density at radius 2 is 1.78 bits per heavy atom. The summed E-state index contributed by atoms with van der Waals surface area (Å²) in [5, 5.41) is 15.6. The molecule has 8 nitrogen and oxygen atoms in total. The zero-order chi connectivity index (χ0) is 19.9. The van der Waals surface area contributed by atoms with Crippen molar-refractivity contribution in [1.29, 1.82) is 0 Å². The molecule has 3 N–H and O–H groups in total. The van der Waals surface area contributed by atoms with E-state index in [0.717, 1.165) is 36.1 Å². The molecule has 27 heavy (non-hydrogen) atoms. The maximum Gasteiger partial charge on any atom is 0.328 e. The first-order chi connectivity index (χ1) is 13.0. The molecule has 0 aliphatic carbocycles. The van der Waals surface area contributed by atoms with Crippen LogP contribution < -0.4 is 4.74 Å². The van der Waals surface area contributed by atoms with Gasteiger partial charge in [0.25, 0.3) is 0 Å². The molecule has 1 aromatic carbocycles. The number of hydrogen-bond donors (Lipinski definition) is 3. The number of carboxylic acids is 2. The molecule has 0 unspecified atom stereocenters. The van der Waals surface area contributed by atoms with Gasteiger partial charge in [-0.1, -0.05) is 18.2 Å². The van der Waals surface area contributed by atoms with E-state index in [0.29, 0.717) is 18.8 Å². The van der Waals surface area contributed by atoms with E-state index in [1.165, 1.54) is 6.08 Å². The van der Waals surface area contributed by atoms with Gasteiger partial charge >= 0.3 is 11.9 Å². The summed E-state index contributed by atoms with van der Waals surface area (Å²) in [6, 6.07) is 7.65. The number of allylic oxidation sites excluding steroid dienone is 1. The maximum absolute atomic E-state index is 10.2. The second-order valence-electron chi connectivity index (χ2n) is 5.10. The van der Waals surface area contributed by atoms with E-state index >= 15 is 0 Å². The number of benzene rings is 1. The molecule has 0 saturated heterocycles. The average molecular weight is 372 g/mol. The van der Waals surface area contributed by atoms with Crippen molar-refractivity contribution in [3.8, 4) is 5.75 Å². The van der Waals surface area contributed by atoms with Gasteiger partial charge in [0, 0.05) is 24.0 Å². The van der Waals surface area contributed by atoms with Crippen molar-refractivity contribution < 1.29 is 29.3 Å². The fourth-order valence-corrected chi connectivity index (χ4v) is 1.84. The van der Waals surface area contributed by atoms with Crippen LogP contribution in [0, 0.1) is 0 Å². The number of aromatic amines is 1. The van der Waals surface area contributed by atoms with Crippen molar-refractivity contribution >= 4 is 24.3 Å². The highest BCUT2D eigenvalue weighted by Crippen LogP contribution is 2.13. The van der Waals surface area contributed by atoms with Gasteiger partial charge in [-0.05, 0) is 36.6 Å². The number of aldehydes is 1. The van der Waals surface area contributed by atoms with Gasteiger partial charge in [0.1, 0.15) is 12.0 Å². The summed E-state index contributed by atoms with van der Waals surface area (Å²) >= 11 is 0. The molecule has 0 bridgehead atoms. The molecule has 0 spiro atoms. The van der Waals surface area contributed by atoms with Crippen molar-refractivity contribution in [3.63, 3.8) is 0 Å². The standard InChI is InChI=1S/C15H16N2O2.C4H4O4/c18-9-1-3-13-5-7-15(8-6-13)19-10-2-4-14-11-16-12-17-14;5-3(6)1-2-4(7)8/h1,3,5-9,11-12H,2,4,10H2,(H,16,17);1-2H,(H,5,6)(H,7,8)/b3-1+;2-1-. The van der Waals surface area contributed by atoms with E-state index in [1.54, 1.807) is 12.4 Å². The predicted molar refractivity (Wildman–Crippen MR) is 98.4 cm³/mol. The van der Waals surface area contributed by atoms with Gasteiger partial charge in [0.05, 0.1) is 12.9 Å². The van der Waals surface area contributed by atoms with Crippen molar-refractivity contribution in [1.82, 2.24) is 9.97 Å². The molecule has 1 aromatic heterocycles. The molecule has 0 amide bonds. The number of rotatable bonds is 9. The van der Waals surface area contributed by atoms with Crippen molar-refractivity contribution in [2.45, 2.75) is 12.8 Å². The number of carboxylic acid groups (broad SMARTS) is 2. The second kappa shape index (κ2) is 12.6. The Hall–Kier alpha value is -3.68. The van der Waals surface area contributed by atoms with Crippen LogP contribution in [0.2, 0.25) is 0 Å². The predicted octanol–water partition coefficient (Wildman–Crippen LogP) is 2.35. The molecule has 0 aliphatic rings. The van der Waals surface area contributed by atoms with Crippen LogP contribution in [0.3, 0.4) is 0 Å². The quantitative estimate of drug-likeness (QED) is 0.350. The normalized spacial score (nSPS) is 10.4. The van der Waals surface area contributed by atoms with Crippen LogP contribution in [0.4, 0.5) is 0 Å². The number of nitrogens with one attached hydrogen (secondary N) is 1. The molecule has 2 aromatic rings. The summed E-state index contributed by atoms with van der Waals surface area (Å²) in [7, 11) is 0. The van der Waals surface area contributed by atoms with E-state index in [4.69, 9.17) is 14.9 Å². The maximum atomic E-state index is 10.2. The number of ether oxygens (including phenoxy) is 1. The summed E-state index contributed by atoms with van der Waals surface area (Å²) in [6.45, 7) is 0.669. The van der Waals surface area contributed by atoms with Crippen molar-refractivity contribution in [3.05, 3.63) is 66.3 Å². The minimum Gasteiger partial charge on any atom is -0.494 e. The van der Waals surface area contributed by atoms with Crippen LogP contribution >= 0.6 is 0 Å². The highest BCUT2D eigenvalue weighted by molar-refractivity contribution is 5.89. The van der Waals surface area contributed by atoms with E-state index in [-0.39, 0.29) is 0 Å². The number of carbonyl (C=O) groups excluding carboxylic acids is 1. The van der Waals surface area contributed by atoms with E-state index < -0.39 is 11.9 Å². The van der Waals surface area contributed by atoms with Gasteiger partial charge in [0.2, 0.25) is 0 Å². The number of hydrogen-bond acceptors (Lipinski definition) is 5. The van der Waals surface area contributed by atoms with Crippen molar-refractivity contribution in [2.24, 2.45) is 0 Å². The number of aryl methyl sites for hydroxylation is 1. The lowest BCUT2D eigenvalue weighted by Gasteiger charge is -2.05. The van der Waals surface area contributed by atoms with Crippen LogP contribution in [-0.2, 0) is 20.8 Å². The summed E-state index contributed by atoms with van der Waals surface area (Å²) < 4.78 is 5.64. The number of nitrogens with zero attached hydrogens (tertiary/aromatic N) is 1. The first kappa shape index (κ1) is 21.4. The van der Waals surface area contributed by atoms with Crippen LogP contribution in [0.5, 0.6) is 5.75 Å². The number of H-pyrrole nitrogens is 1. The summed E-state index contributed by atoms with van der Waals surface area (Å²) in [5.41, 5.74) is 2.11. The lowest BCUT2D eigenvalue weighted by molar-refractivity contribution is -0.134. The Morgan fingerprint density at radius 1 is 1.11 bits per heavy atom. The zero-order valence-corrected chi connectivity index (χ0v) is 14.4. The third-order valence-corrected chi connectivity index (χ3v) is 3.03. The molecule has 1 heterocycles. The smallest absolute Gasteiger partial charge is 0.328 e. The van der Waals surface area contributed by atoms with E-state index in [2.05, 4.69) is 9.97 Å².